The number of nitrogens with one attached hydrogen (secondary N) is 1. The van der Waals surface area contributed by atoms with Crippen molar-refractivity contribution in [2.24, 2.45) is 0 Å². The summed E-state index contributed by atoms with van der Waals surface area (Å²) in [6.45, 7) is 5.92. The van der Waals surface area contributed by atoms with Gasteiger partial charge < -0.3 is 19.7 Å². The number of hydrogen-bond acceptors (Lipinski definition) is 4. The number of hydrogen-bond donors (Lipinski definition) is 1. The Labute approximate surface area is 139 Å². The minimum Gasteiger partial charge on any atom is -0.497 e. The van der Waals surface area contributed by atoms with Crippen LogP contribution in [0.4, 0.5) is 0 Å². The molecule has 1 unspecified atom stereocenters. The van der Waals surface area contributed by atoms with Crippen molar-refractivity contribution >= 4 is 5.91 Å². The SMILES string of the molecule is COc1cccc(OC(C)C(=O)NCCCN2CCCCC2)c1. The van der Waals surface area contributed by atoms with Gasteiger partial charge >= 0.3 is 0 Å². The van der Waals surface area contributed by atoms with Gasteiger partial charge in [-0.15, -0.1) is 0 Å². The predicted octanol–water partition coefficient (Wildman–Crippen LogP) is 2.45. The van der Waals surface area contributed by atoms with E-state index in [0.717, 1.165) is 18.7 Å². The number of amides is 1. The second kappa shape index (κ2) is 9.40. The molecule has 0 aromatic heterocycles. The summed E-state index contributed by atoms with van der Waals surface area (Å²) in [4.78, 5) is 14.6. The first-order valence-electron chi connectivity index (χ1n) is 8.50. The highest BCUT2D eigenvalue weighted by atomic mass is 16.5. The van der Waals surface area contributed by atoms with Gasteiger partial charge in [0.2, 0.25) is 0 Å². The highest BCUT2D eigenvalue weighted by Gasteiger charge is 2.15. The molecule has 1 aromatic carbocycles. The van der Waals surface area contributed by atoms with Crippen LogP contribution in [0, 0.1) is 0 Å². The minimum absolute atomic E-state index is 0.0773. The van der Waals surface area contributed by atoms with E-state index in [-0.39, 0.29) is 5.91 Å². The molecule has 23 heavy (non-hydrogen) atoms. The zero-order valence-corrected chi connectivity index (χ0v) is 14.2. The molecule has 0 radical (unpaired) electrons. The molecular weight excluding hydrogens is 292 g/mol. The Balaban J connectivity index is 1.65. The fourth-order valence-corrected chi connectivity index (χ4v) is 2.77. The Bertz CT molecular complexity index is 487. The maximum Gasteiger partial charge on any atom is 0.260 e. The monoisotopic (exact) mass is 320 g/mol. The van der Waals surface area contributed by atoms with E-state index < -0.39 is 6.10 Å². The van der Waals surface area contributed by atoms with Crippen molar-refractivity contribution in [3.05, 3.63) is 24.3 Å². The zero-order chi connectivity index (χ0) is 16.5. The smallest absolute Gasteiger partial charge is 0.260 e. The zero-order valence-electron chi connectivity index (χ0n) is 14.2. The van der Waals surface area contributed by atoms with E-state index in [2.05, 4.69) is 10.2 Å². The third-order valence-electron chi connectivity index (χ3n) is 4.12. The predicted molar refractivity (Wildman–Crippen MR) is 91.0 cm³/mol. The summed E-state index contributed by atoms with van der Waals surface area (Å²) in [5.41, 5.74) is 0. The van der Waals surface area contributed by atoms with Crippen LogP contribution < -0.4 is 14.8 Å². The largest absolute Gasteiger partial charge is 0.497 e. The first-order valence-corrected chi connectivity index (χ1v) is 8.50. The summed E-state index contributed by atoms with van der Waals surface area (Å²) >= 11 is 0. The third-order valence-corrected chi connectivity index (χ3v) is 4.12. The molecule has 1 aliphatic heterocycles. The second-order valence-corrected chi connectivity index (χ2v) is 5.99. The van der Waals surface area contributed by atoms with E-state index in [0.29, 0.717) is 12.3 Å². The molecule has 5 heteroatoms. The van der Waals surface area contributed by atoms with Crippen LogP contribution in [-0.4, -0.2) is 50.2 Å². The summed E-state index contributed by atoms with van der Waals surface area (Å²) in [6.07, 6.45) is 4.43. The van der Waals surface area contributed by atoms with Crippen molar-refractivity contribution in [3.63, 3.8) is 0 Å². The minimum atomic E-state index is -0.517. The lowest BCUT2D eigenvalue weighted by molar-refractivity contribution is -0.127. The van der Waals surface area contributed by atoms with Crippen LogP contribution in [0.5, 0.6) is 11.5 Å². The normalized spacial score (nSPS) is 16.6. The molecule has 1 aliphatic rings. The highest BCUT2D eigenvalue weighted by molar-refractivity contribution is 5.80. The van der Waals surface area contributed by atoms with E-state index in [4.69, 9.17) is 9.47 Å². The number of piperidine rings is 1. The van der Waals surface area contributed by atoms with E-state index in [1.165, 1.54) is 32.4 Å². The van der Waals surface area contributed by atoms with Crippen molar-refractivity contribution in [1.29, 1.82) is 0 Å². The van der Waals surface area contributed by atoms with Gasteiger partial charge in [0.15, 0.2) is 6.10 Å². The molecule has 1 aromatic rings. The molecule has 0 bridgehead atoms. The molecule has 1 N–H and O–H groups in total. The maximum atomic E-state index is 12.1. The van der Waals surface area contributed by atoms with Gasteiger partial charge in [-0.2, -0.15) is 0 Å². The molecule has 1 atom stereocenters. The number of rotatable bonds is 8. The lowest BCUT2D eigenvalue weighted by Crippen LogP contribution is -2.38. The van der Waals surface area contributed by atoms with E-state index in [1.807, 2.05) is 18.2 Å². The summed E-state index contributed by atoms with van der Waals surface area (Å²) in [7, 11) is 1.61. The van der Waals surface area contributed by atoms with Gasteiger partial charge in [-0.05, 0) is 58.0 Å². The van der Waals surface area contributed by atoms with Crippen LogP contribution >= 0.6 is 0 Å². The molecule has 1 saturated heterocycles. The van der Waals surface area contributed by atoms with Gasteiger partial charge in [0.1, 0.15) is 11.5 Å². The number of likely N-dealkylation sites (tertiary alicyclic amines) is 1. The van der Waals surface area contributed by atoms with E-state index in [9.17, 15) is 4.79 Å². The van der Waals surface area contributed by atoms with Crippen LogP contribution in [0.25, 0.3) is 0 Å². The maximum absolute atomic E-state index is 12.1. The molecule has 5 nitrogen and oxygen atoms in total. The number of carbonyl (C=O) groups excluding carboxylic acids is 1. The molecule has 1 heterocycles. The Hall–Kier alpha value is -1.75. The van der Waals surface area contributed by atoms with Gasteiger partial charge in [-0.1, -0.05) is 12.5 Å². The van der Waals surface area contributed by atoms with Gasteiger partial charge in [0.25, 0.3) is 5.91 Å². The first-order chi connectivity index (χ1) is 11.2. The summed E-state index contributed by atoms with van der Waals surface area (Å²) < 4.78 is 10.8. The molecule has 0 saturated carbocycles. The van der Waals surface area contributed by atoms with Crippen molar-refractivity contribution < 1.29 is 14.3 Å². The molecule has 1 amide bonds. The number of ether oxygens (including phenoxy) is 2. The van der Waals surface area contributed by atoms with E-state index >= 15 is 0 Å². The lowest BCUT2D eigenvalue weighted by atomic mass is 10.1. The Kier molecular flexibility index (Phi) is 7.20. The average molecular weight is 320 g/mol. The molecule has 0 spiro atoms. The van der Waals surface area contributed by atoms with Crippen LogP contribution in [0.1, 0.15) is 32.6 Å². The van der Waals surface area contributed by atoms with Crippen LogP contribution in [0.15, 0.2) is 24.3 Å². The standard InChI is InChI=1S/C18H28N2O3/c1-15(23-17-9-6-8-16(14-17)22-2)18(21)19-10-7-13-20-11-4-3-5-12-20/h6,8-9,14-15H,3-5,7,10-13H2,1-2H3,(H,19,21). The summed E-state index contributed by atoms with van der Waals surface area (Å²) in [5, 5.41) is 2.95. The van der Waals surface area contributed by atoms with Crippen LogP contribution in [0.3, 0.4) is 0 Å². The van der Waals surface area contributed by atoms with Crippen LogP contribution in [-0.2, 0) is 4.79 Å². The van der Waals surface area contributed by atoms with Crippen molar-refractivity contribution in [2.75, 3.05) is 33.3 Å². The molecule has 128 valence electrons. The Morgan fingerprint density at radius 3 is 2.74 bits per heavy atom. The van der Waals surface area contributed by atoms with Crippen molar-refractivity contribution in [2.45, 2.75) is 38.7 Å². The first kappa shape index (κ1) is 17.6. The van der Waals surface area contributed by atoms with Gasteiger partial charge in [0, 0.05) is 12.6 Å². The topological polar surface area (TPSA) is 50.8 Å². The molecule has 0 aliphatic carbocycles. The second-order valence-electron chi connectivity index (χ2n) is 5.99. The number of nitrogens with zero attached hydrogens (tertiary/aromatic N) is 1. The van der Waals surface area contributed by atoms with Crippen molar-refractivity contribution in [3.8, 4) is 11.5 Å². The third kappa shape index (κ3) is 6.10. The molecule has 1 fully saturated rings. The van der Waals surface area contributed by atoms with Crippen LogP contribution in [0.2, 0.25) is 0 Å². The summed E-state index contributed by atoms with van der Waals surface area (Å²) in [6, 6.07) is 7.29. The number of benzene rings is 1. The Morgan fingerprint density at radius 2 is 2.00 bits per heavy atom. The van der Waals surface area contributed by atoms with Gasteiger partial charge in [-0.3, -0.25) is 4.79 Å². The number of methoxy groups -OCH3 is 1. The van der Waals surface area contributed by atoms with E-state index in [1.54, 1.807) is 20.1 Å². The molecular formula is C18H28N2O3. The summed E-state index contributed by atoms with van der Waals surface area (Å²) in [5.74, 6) is 1.28. The molecule has 2 rings (SSSR count). The van der Waals surface area contributed by atoms with Gasteiger partial charge in [-0.25, -0.2) is 0 Å². The number of carbonyl (C=O) groups is 1. The fourth-order valence-electron chi connectivity index (χ4n) is 2.77. The Morgan fingerprint density at radius 1 is 1.26 bits per heavy atom. The fraction of sp³-hybridized carbons (Fsp3) is 0.611. The quantitative estimate of drug-likeness (QED) is 0.748. The highest BCUT2D eigenvalue weighted by Crippen LogP contribution is 2.19. The van der Waals surface area contributed by atoms with Crippen molar-refractivity contribution in [1.82, 2.24) is 10.2 Å². The lowest BCUT2D eigenvalue weighted by Gasteiger charge is -2.26. The van der Waals surface area contributed by atoms with Gasteiger partial charge in [0.05, 0.1) is 7.11 Å². The average Bonchev–Trinajstić information content (AvgIpc) is 2.59.